The van der Waals surface area contributed by atoms with Crippen LogP contribution in [0.15, 0.2) is 72.8 Å². The van der Waals surface area contributed by atoms with Gasteiger partial charge in [0.25, 0.3) is 11.8 Å². The second kappa shape index (κ2) is 7.69. The van der Waals surface area contributed by atoms with Gasteiger partial charge in [-0.3, -0.25) is 9.59 Å². The van der Waals surface area contributed by atoms with Crippen LogP contribution in [-0.2, 0) is 0 Å². The van der Waals surface area contributed by atoms with E-state index in [1.165, 1.54) is 0 Å². The van der Waals surface area contributed by atoms with Crippen LogP contribution in [0, 0.1) is 6.92 Å². The van der Waals surface area contributed by atoms with Crippen LogP contribution in [0.25, 0.3) is 11.1 Å². The van der Waals surface area contributed by atoms with Crippen molar-refractivity contribution in [1.29, 1.82) is 0 Å². The molecule has 0 bridgehead atoms. The Morgan fingerprint density at radius 1 is 0.786 bits per heavy atom. The summed E-state index contributed by atoms with van der Waals surface area (Å²) >= 11 is 0. The molecule has 4 nitrogen and oxygen atoms in total. The van der Waals surface area contributed by atoms with Gasteiger partial charge in [0.2, 0.25) is 0 Å². The summed E-state index contributed by atoms with van der Waals surface area (Å²) in [7, 11) is 0. The first-order chi connectivity index (χ1) is 13.6. The number of benzene rings is 3. The summed E-state index contributed by atoms with van der Waals surface area (Å²) in [5, 5.41) is 5.90. The van der Waals surface area contributed by atoms with Gasteiger partial charge in [0.15, 0.2) is 0 Å². The molecule has 140 valence electrons. The van der Waals surface area contributed by atoms with Crippen LogP contribution in [0.1, 0.15) is 39.1 Å². The molecule has 1 aliphatic rings. The monoisotopic (exact) mass is 370 g/mol. The molecule has 1 saturated carbocycles. The van der Waals surface area contributed by atoms with Crippen molar-refractivity contribution in [2.24, 2.45) is 0 Å². The maximum Gasteiger partial charge on any atom is 0.255 e. The molecule has 0 aliphatic heterocycles. The molecule has 2 amide bonds. The van der Waals surface area contributed by atoms with Gasteiger partial charge in [-0.05, 0) is 60.7 Å². The average molecular weight is 370 g/mol. The van der Waals surface area contributed by atoms with E-state index in [0.717, 1.165) is 29.5 Å². The number of hydrogen-bond donors (Lipinski definition) is 2. The summed E-state index contributed by atoms with van der Waals surface area (Å²) in [4.78, 5) is 24.9. The van der Waals surface area contributed by atoms with E-state index in [-0.39, 0.29) is 11.8 Å². The maximum atomic E-state index is 12.7. The number of rotatable bonds is 5. The highest BCUT2D eigenvalue weighted by Crippen LogP contribution is 2.23. The van der Waals surface area contributed by atoms with E-state index >= 15 is 0 Å². The van der Waals surface area contributed by atoms with E-state index in [2.05, 4.69) is 10.6 Å². The van der Waals surface area contributed by atoms with Crippen molar-refractivity contribution in [1.82, 2.24) is 5.32 Å². The van der Waals surface area contributed by atoms with Crippen molar-refractivity contribution in [2.75, 3.05) is 5.32 Å². The molecule has 2 N–H and O–H groups in total. The fourth-order valence-corrected chi connectivity index (χ4v) is 3.03. The van der Waals surface area contributed by atoms with E-state index in [4.69, 9.17) is 0 Å². The maximum absolute atomic E-state index is 12.7. The first kappa shape index (κ1) is 18.0. The molecule has 28 heavy (non-hydrogen) atoms. The number of nitrogens with one attached hydrogen (secondary N) is 2. The van der Waals surface area contributed by atoms with Crippen molar-refractivity contribution in [3.05, 3.63) is 89.5 Å². The van der Waals surface area contributed by atoms with Gasteiger partial charge >= 0.3 is 0 Å². The van der Waals surface area contributed by atoms with Gasteiger partial charge in [-0.25, -0.2) is 0 Å². The molecule has 4 rings (SSSR count). The molecule has 0 spiro atoms. The lowest BCUT2D eigenvalue weighted by Crippen LogP contribution is -2.25. The molecule has 0 aromatic heterocycles. The van der Waals surface area contributed by atoms with Crippen LogP contribution in [0.2, 0.25) is 0 Å². The summed E-state index contributed by atoms with van der Waals surface area (Å²) in [6.45, 7) is 1.91. The van der Waals surface area contributed by atoms with Crippen LogP contribution >= 0.6 is 0 Å². The van der Waals surface area contributed by atoms with Gasteiger partial charge in [-0.1, -0.05) is 48.5 Å². The number of anilines is 1. The van der Waals surface area contributed by atoms with Crippen LogP contribution in [-0.4, -0.2) is 17.9 Å². The van der Waals surface area contributed by atoms with Crippen LogP contribution in [0.5, 0.6) is 0 Å². The number of carbonyl (C=O) groups excluding carboxylic acids is 2. The van der Waals surface area contributed by atoms with Crippen LogP contribution in [0.3, 0.4) is 0 Å². The van der Waals surface area contributed by atoms with Gasteiger partial charge in [0, 0.05) is 22.9 Å². The molecule has 0 unspecified atom stereocenters. The predicted molar refractivity (Wildman–Crippen MR) is 111 cm³/mol. The molecular weight excluding hydrogens is 348 g/mol. The largest absolute Gasteiger partial charge is 0.349 e. The van der Waals surface area contributed by atoms with Gasteiger partial charge in [-0.15, -0.1) is 0 Å². The zero-order valence-corrected chi connectivity index (χ0v) is 15.7. The SMILES string of the molecule is Cc1ccc(C(=O)NC2CC2)cc1NC(=O)c1ccc(-c2ccccc2)cc1. The van der Waals surface area contributed by atoms with Gasteiger partial charge in [0.05, 0.1) is 0 Å². The Bertz CT molecular complexity index is 1010. The number of carbonyl (C=O) groups is 2. The molecule has 0 atom stereocenters. The highest BCUT2D eigenvalue weighted by atomic mass is 16.2. The summed E-state index contributed by atoms with van der Waals surface area (Å²) in [6.07, 6.45) is 2.08. The van der Waals surface area contributed by atoms with E-state index in [9.17, 15) is 9.59 Å². The normalized spacial score (nSPS) is 13.0. The summed E-state index contributed by atoms with van der Waals surface area (Å²) in [5.41, 5.74) is 4.88. The third kappa shape index (κ3) is 4.12. The Kier molecular flexibility index (Phi) is 4.94. The molecule has 1 fully saturated rings. The topological polar surface area (TPSA) is 58.2 Å². The fraction of sp³-hybridized carbons (Fsp3) is 0.167. The third-order valence-corrected chi connectivity index (χ3v) is 4.91. The minimum absolute atomic E-state index is 0.0924. The van der Waals surface area contributed by atoms with E-state index in [1.807, 2.05) is 67.6 Å². The molecule has 0 heterocycles. The minimum Gasteiger partial charge on any atom is -0.349 e. The first-order valence-electron chi connectivity index (χ1n) is 9.48. The molecule has 3 aromatic rings. The zero-order chi connectivity index (χ0) is 19.5. The van der Waals surface area contributed by atoms with Crippen molar-refractivity contribution >= 4 is 17.5 Å². The Labute approximate surface area is 164 Å². The van der Waals surface area contributed by atoms with Gasteiger partial charge < -0.3 is 10.6 Å². The standard InChI is InChI=1S/C24H22N2O2/c1-16-7-8-20(24(28)25-21-13-14-21)15-22(16)26-23(27)19-11-9-18(10-12-19)17-5-3-2-4-6-17/h2-12,15,21H,13-14H2,1H3,(H,25,28)(H,26,27). The summed E-state index contributed by atoms with van der Waals surface area (Å²) in [6, 6.07) is 23.2. The van der Waals surface area contributed by atoms with E-state index in [1.54, 1.807) is 12.1 Å². The molecule has 4 heteroatoms. The average Bonchev–Trinajstić information content (AvgIpc) is 3.54. The lowest BCUT2D eigenvalue weighted by Gasteiger charge is -2.11. The van der Waals surface area contributed by atoms with Gasteiger partial charge in [-0.2, -0.15) is 0 Å². The molecule has 0 radical (unpaired) electrons. The lowest BCUT2D eigenvalue weighted by molar-refractivity contribution is 0.0949. The van der Waals surface area contributed by atoms with E-state index < -0.39 is 0 Å². The Hall–Kier alpha value is -3.40. The first-order valence-corrected chi connectivity index (χ1v) is 9.48. The lowest BCUT2D eigenvalue weighted by atomic mass is 10.0. The second-order valence-corrected chi connectivity index (χ2v) is 7.17. The number of aryl methyl sites for hydroxylation is 1. The van der Waals surface area contributed by atoms with Crippen molar-refractivity contribution in [3.8, 4) is 11.1 Å². The van der Waals surface area contributed by atoms with Crippen molar-refractivity contribution in [3.63, 3.8) is 0 Å². The van der Waals surface area contributed by atoms with Crippen molar-refractivity contribution < 1.29 is 9.59 Å². The predicted octanol–water partition coefficient (Wildman–Crippen LogP) is 4.81. The summed E-state index contributed by atoms with van der Waals surface area (Å²) < 4.78 is 0. The van der Waals surface area contributed by atoms with Crippen molar-refractivity contribution in [2.45, 2.75) is 25.8 Å². The Morgan fingerprint density at radius 2 is 1.43 bits per heavy atom. The minimum atomic E-state index is -0.192. The highest BCUT2D eigenvalue weighted by molar-refractivity contribution is 6.05. The Balaban J connectivity index is 1.49. The zero-order valence-electron chi connectivity index (χ0n) is 15.7. The highest BCUT2D eigenvalue weighted by Gasteiger charge is 2.24. The summed E-state index contributed by atoms with van der Waals surface area (Å²) in [5.74, 6) is -0.285. The third-order valence-electron chi connectivity index (χ3n) is 4.91. The second-order valence-electron chi connectivity index (χ2n) is 7.17. The van der Waals surface area contributed by atoms with E-state index in [0.29, 0.717) is 22.9 Å². The number of amides is 2. The molecule has 3 aromatic carbocycles. The molecule has 0 saturated heterocycles. The molecule has 1 aliphatic carbocycles. The smallest absolute Gasteiger partial charge is 0.255 e. The van der Waals surface area contributed by atoms with Crippen LogP contribution in [0.4, 0.5) is 5.69 Å². The number of hydrogen-bond acceptors (Lipinski definition) is 2. The fourth-order valence-electron chi connectivity index (χ4n) is 3.03. The Morgan fingerprint density at radius 3 is 2.11 bits per heavy atom. The van der Waals surface area contributed by atoms with Crippen LogP contribution < -0.4 is 10.6 Å². The van der Waals surface area contributed by atoms with Gasteiger partial charge in [0.1, 0.15) is 0 Å². The molecular formula is C24H22N2O2. The quantitative estimate of drug-likeness (QED) is 0.677.